The second kappa shape index (κ2) is 5.76. The highest BCUT2D eigenvalue weighted by molar-refractivity contribution is 5.98. The first-order chi connectivity index (χ1) is 9.04. The third-order valence-electron chi connectivity index (χ3n) is 4.10. The van der Waals surface area contributed by atoms with E-state index in [4.69, 9.17) is 0 Å². The normalized spacial score (nSPS) is 23.4. The van der Waals surface area contributed by atoms with E-state index in [-0.39, 0.29) is 11.5 Å². The Hall–Kier alpha value is -1.32. The predicted octanol–water partition coefficient (Wildman–Crippen LogP) is 4.50. The Balaban J connectivity index is 2.15. The lowest BCUT2D eigenvalue weighted by molar-refractivity contribution is 0.0865. The van der Waals surface area contributed by atoms with Gasteiger partial charge in [-0.05, 0) is 43.7 Å². The van der Waals surface area contributed by atoms with Crippen molar-refractivity contribution in [3.63, 3.8) is 0 Å². The number of hydrogen-bond donors (Lipinski definition) is 0. The van der Waals surface area contributed by atoms with Crippen LogP contribution in [0.4, 0.5) is 13.2 Å². The Morgan fingerprint density at radius 2 is 1.74 bits per heavy atom. The molecule has 1 aromatic rings. The van der Waals surface area contributed by atoms with Crippen LogP contribution in [0.1, 0.15) is 49.4 Å². The van der Waals surface area contributed by atoms with Crippen molar-refractivity contribution in [2.24, 2.45) is 11.8 Å². The van der Waals surface area contributed by atoms with Crippen molar-refractivity contribution in [1.29, 1.82) is 0 Å². The number of ketones is 1. The molecule has 1 aliphatic rings. The van der Waals surface area contributed by atoms with E-state index in [1.807, 2.05) is 0 Å². The van der Waals surface area contributed by atoms with Gasteiger partial charge in [0.25, 0.3) is 0 Å². The molecule has 0 bridgehead atoms. The van der Waals surface area contributed by atoms with Gasteiger partial charge in [0.05, 0.1) is 5.56 Å². The monoisotopic (exact) mass is 270 g/mol. The van der Waals surface area contributed by atoms with Gasteiger partial charge in [-0.25, -0.2) is 13.2 Å². The molecule has 4 heteroatoms. The van der Waals surface area contributed by atoms with Gasteiger partial charge in [-0.3, -0.25) is 4.79 Å². The molecule has 19 heavy (non-hydrogen) atoms. The Morgan fingerprint density at radius 1 is 1.11 bits per heavy atom. The number of carbonyl (C=O) groups excluding carboxylic acids is 1. The average molecular weight is 270 g/mol. The minimum absolute atomic E-state index is 0.262. The summed E-state index contributed by atoms with van der Waals surface area (Å²) in [6.45, 7) is 2.11. The summed E-state index contributed by atoms with van der Waals surface area (Å²) in [7, 11) is 0. The summed E-state index contributed by atoms with van der Waals surface area (Å²) < 4.78 is 39.5. The zero-order valence-electron chi connectivity index (χ0n) is 10.9. The molecular weight excluding hydrogens is 253 g/mol. The molecule has 2 rings (SSSR count). The number of carbonyl (C=O) groups is 1. The largest absolute Gasteiger partial charge is 0.294 e. The van der Waals surface area contributed by atoms with Crippen LogP contribution in [0.15, 0.2) is 12.1 Å². The summed E-state index contributed by atoms with van der Waals surface area (Å²) in [5.74, 6) is -4.22. The molecule has 1 saturated carbocycles. The van der Waals surface area contributed by atoms with Crippen LogP contribution in [0, 0.1) is 29.3 Å². The van der Waals surface area contributed by atoms with Crippen LogP contribution >= 0.6 is 0 Å². The molecule has 1 fully saturated rings. The lowest BCUT2D eigenvalue weighted by Gasteiger charge is -2.26. The lowest BCUT2D eigenvalue weighted by atomic mass is 9.78. The third kappa shape index (κ3) is 2.82. The van der Waals surface area contributed by atoms with Crippen molar-refractivity contribution in [3.05, 3.63) is 35.1 Å². The Labute approximate surface area is 110 Å². The summed E-state index contributed by atoms with van der Waals surface area (Å²) in [6.07, 6.45) is 4.38. The van der Waals surface area contributed by atoms with E-state index < -0.39 is 23.2 Å². The molecule has 0 unspecified atom stereocenters. The molecule has 104 valence electrons. The fourth-order valence-corrected chi connectivity index (χ4v) is 2.77. The minimum atomic E-state index is -1.56. The quantitative estimate of drug-likeness (QED) is 0.583. The van der Waals surface area contributed by atoms with Gasteiger partial charge < -0.3 is 0 Å². The summed E-state index contributed by atoms with van der Waals surface area (Å²) in [5.41, 5.74) is -0.321. The molecule has 0 radical (unpaired) electrons. The number of benzene rings is 1. The highest BCUT2D eigenvalue weighted by Crippen LogP contribution is 2.33. The van der Waals surface area contributed by atoms with Crippen LogP contribution in [-0.2, 0) is 0 Å². The molecule has 0 amide bonds. The van der Waals surface area contributed by atoms with Gasteiger partial charge in [0, 0.05) is 5.92 Å². The number of halogens is 3. The summed E-state index contributed by atoms with van der Waals surface area (Å²) in [5, 5.41) is 0. The number of rotatable bonds is 3. The van der Waals surface area contributed by atoms with Gasteiger partial charge in [0.15, 0.2) is 23.2 Å². The van der Waals surface area contributed by atoms with Crippen molar-refractivity contribution in [2.45, 2.75) is 39.0 Å². The summed E-state index contributed by atoms with van der Waals surface area (Å²) >= 11 is 0. The lowest BCUT2D eigenvalue weighted by Crippen LogP contribution is -2.23. The maximum atomic E-state index is 13.6. The van der Waals surface area contributed by atoms with Crippen LogP contribution in [0.2, 0.25) is 0 Å². The molecule has 0 saturated heterocycles. The van der Waals surface area contributed by atoms with E-state index >= 15 is 0 Å². The van der Waals surface area contributed by atoms with Crippen LogP contribution in [0.3, 0.4) is 0 Å². The summed E-state index contributed by atoms with van der Waals surface area (Å²) in [4.78, 5) is 12.1. The fourth-order valence-electron chi connectivity index (χ4n) is 2.77. The van der Waals surface area contributed by atoms with Crippen molar-refractivity contribution in [2.75, 3.05) is 0 Å². The number of Topliss-reactive ketones (excluding diaryl/α,β-unsaturated/α-hetero) is 1. The van der Waals surface area contributed by atoms with Gasteiger partial charge in [0.2, 0.25) is 0 Å². The van der Waals surface area contributed by atoms with Gasteiger partial charge in [0.1, 0.15) is 0 Å². The van der Waals surface area contributed by atoms with Crippen LogP contribution in [-0.4, -0.2) is 5.78 Å². The highest BCUT2D eigenvalue weighted by Gasteiger charge is 2.29. The Bertz CT molecular complexity index is 477. The zero-order chi connectivity index (χ0) is 14.0. The van der Waals surface area contributed by atoms with Crippen LogP contribution < -0.4 is 0 Å². The van der Waals surface area contributed by atoms with E-state index in [2.05, 4.69) is 6.92 Å². The van der Waals surface area contributed by atoms with E-state index in [1.165, 1.54) is 0 Å². The van der Waals surface area contributed by atoms with Crippen molar-refractivity contribution in [3.8, 4) is 0 Å². The molecule has 0 atom stereocenters. The molecule has 1 nitrogen and oxygen atoms in total. The van der Waals surface area contributed by atoms with Crippen molar-refractivity contribution in [1.82, 2.24) is 0 Å². The van der Waals surface area contributed by atoms with Crippen LogP contribution in [0.5, 0.6) is 0 Å². The molecule has 1 aromatic carbocycles. The molecule has 0 heterocycles. The topological polar surface area (TPSA) is 17.1 Å². The standard InChI is InChI=1S/C15H17F3O/c1-2-9-3-5-10(6-4-9)15(19)11-7-8-12(16)14(18)13(11)17/h7-10H,2-6H2,1H3. The second-order valence-electron chi connectivity index (χ2n) is 5.21. The van der Waals surface area contributed by atoms with E-state index in [1.54, 1.807) is 0 Å². The fraction of sp³-hybridized carbons (Fsp3) is 0.533. The zero-order valence-corrected chi connectivity index (χ0v) is 10.9. The predicted molar refractivity (Wildman–Crippen MR) is 66.4 cm³/mol. The third-order valence-corrected chi connectivity index (χ3v) is 4.10. The van der Waals surface area contributed by atoms with E-state index in [0.29, 0.717) is 18.8 Å². The Morgan fingerprint density at radius 3 is 2.32 bits per heavy atom. The second-order valence-corrected chi connectivity index (χ2v) is 5.21. The molecule has 0 spiro atoms. The summed E-state index contributed by atoms with van der Waals surface area (Å²) in [6, 6.07) is 1.85. The minimum Gasteiger partial charge on any atom is -0.294 e. The Kier molecular flexibility index (Phi) is 4.27. The van der Waals surface area contributed by atoms with Crippen molar-refractivity contribution < 1.29 is 18.0 Å². The maximum Gasteiger partial charge on any atom is 0.195 e. The van der Waals surface area contributed by atoms with Gasteiger partial charge in [-0.2, -0.15) is 0 Å². The van der Waals surface area contributed by atoms with Crippen LogP contribution in [0.25, 0.3) is 0 Å². The first kappa shape index (κ1) is 14.1. The van der Waals surface area contributed by atoms with Gasteiger partial charge in [-0.1, -0.05) is 13.3 Å². The molecule has 0 N–H and O–H groups in total. The smallest absolute Gasteiger partial charge is 0.195 e. The van der Waals surface area contributed by atoms with Crippen molar-refractivity contribution >= 4 is 5.78 Å². The number of hydrogen-bond acceptors (Lipinski definition) is 1. The maximum absolute atomic E-state index is 13.6. The van der Waals surface area contributed by atoms with Gasteiger partial charge >= 0.3 is 0 Å². The first-order valence-electron chi connectivity index (χ1n) is 6.72. The average Bonchev–Trinajstić information content (AvgIpc) is 2.44. The molecule has 0 aromatic heterocycles. The SMILES string of the molecule is CCC1CCC(C(=O)c2ccc(F)c(F)c2F)CC1. The molecule has 0 aliphatic heterocycles. The first-order valence-corrected chi connectivity index (χ1v) is 6.72. The van der Waals surface area contributed by atoms with E-state index in [9.17, 15) is 18.0 Å². The molecular formula is C15H17F3O. The van der Waals surface area contributed by atoms with Gasteiger partial charge in [-0.15, -0.1) is 0 Å². The highest BCUT2D eigenvalue weighted by atomic mass is 19.2. The van der Waals surface area contributed by atoms with E-state index in [0.717, 1.165) is 31.4 Å². The molecule has 1 aliphatic carbocycles.